The molecule has 0 spiro atoms. The fourth-order valence-electron chi connectivity index (χ4n) is 3.09. The number of pyridine rings is 1. The third-order valence-electron chi connectivity index (χ3n) is 4.32. The fourth-order valence-corrected chi connectivity index (χ4v) is 3.09. The Morgan fingerprint density at radius 2 is 2.16 bits per heavy atom. The van der Waals surface area contributed by atoms with Crippen molar-refractivity contribution in [1.29, 1.82) is 0 Å². The molecular weight excluding hydrogens is 316 g/mol. The van der Waals surface area contributed by atoms with Crippen LogP contribution >= 0.6 is 0 Å². The van der Waals surface area contributed by atoms with Crippen LogP contribution in [0.2, 0.25) is 0 Å². The van der Waals surface area contributed by atoms with E-state index in [9.17, 15) is 4.79 Å². The molecule has 2 N–H and O–H groups in total. The van der Waals surface area contributed by atoms with E-state index < -0.39 is 0 Å². The highest BCUT2D eigenvalue weighted by Crippen LogP contribution is 2.26. The molecular formula is C18H24N6O. The molecule has 1 saturated heterocycles. The lowest BCUT2D eigenvalue weighted by molar-refractivity contribution is -0.131. The van der Waals surface area contributed by atoms with Crippen LogP contribution in [0.4, 0.5) is 11.6 Å². The number of nitrogens with zero attached hydrogens (tertiary/aromatic N) is 4. The summed E-state index contributed by atoms with van der Waals surface area (Å²) < 4.78 is 0. The largest absolute Gasteiger partial charge is 0.341 e. The minimum absolute atomic E-state index is 0.137. The molecule has 7 nitrogen and oxygen atoms in total. The second-order valence-corrected chi connectivity index (χ2v) is 6.33. The summed E-state index contributed by atoms with van der Waals surface area (Å²) in [7, 11) is 1.79. The average molecular weight is 340 g/mol. The van der Waals surface area contributed by atoms with E-state index in [2.05, 4.69) is 20.6 Å². The van der Waals surface area contributed by atoms with Gasteiger partial charge in [-0.1, -0.05) is 6.07 Å². The summed E-state index contributed by atoms with van der Waals surface area (Å²) in [4.78, 5) is 27.5. The van der Waals surface area contributed by atoms with Gasteiger partial charge in [0.15, 0.2) is 0 Å². The molecule has 1 unspecified atom stereocenters. The molecule has 3 heterocycles. The summed E-state index contributed by atoms with van der Waals surface area (Å²) in [6.45, 7) is 3.84. The number of amides is 1. The van der Waals surface area contributed by atoms with E-state index in [0.29, 0.717) is 18.9 Å². The molecule has 1 atom stereocenters. The Morgan fingerprint density at radius 1 is 1.28 bits per heavy atom. The van der Waals surface area contributed by atoms with E-state index in [0.717, 1.165) is 36.6 Å². The number of piperidine rings is 1. The van der Waals surface area contributed by atoms with Crippen molar-refractivity contribution in [2.24, 2.45) is 0 Å². The van der Waals surface area contributed by atoms with E-state index in [4.69, 9.17) is 4.98 Å². The molecule has 1 aliphatic rings. The Balaban J connectivity index is 1.71. The van der Waals surface area contributed by atoms with Crippen LogP contribution in [0.1, 0.15) is 30.1 Å². The fraction of sp³-hybridized carbons (Fsp3) is 0.444. The lowest BCUT2D eigenvalue weighted by Crippen LogP contribution is -2.43. The Kier molecular flexibility index (Phi) is 5.55. The minimum atomic E-state index is 0.137. The molecule has 7 heteroatoms. The quantitative estimate of drug-likeness (QED) is 0.864. The van der Waals surface area contributed by atoms with Gasteiger partial charge in [0.05, 0.1) is 18.4 Å². The van der Waals surface area contributed by atoms with Crippen molar-refractivity contribution in [3.05, 3.63) is 42.0 Å². The van der Waals surface area contributed by atoms with Crippen LogP contribution in [0.5, 0.6) is 0 Å². The molecule has 0 radical (unpaired) electrons. The Morgan fingerprint density at radius 3 is 2.96 bits per heavy atom. The molecule has 2 aromatic rings. The molecule has 132 valence electrons. The van der Waals surface area contributed by atoms with E-state index in [-0.39, 0.29) is 11.8 Å². The maximum absolute atomic E-state index is 12.1. The molecule has 1 aliphatic heterocycles. The number of carbonyl (C=O) groups is 1. The number of rotatable bonds is 5. The number of likely N-dealkylation sites (tertiary alicyclic amines) is 1. The summed E-state index contributed by atoms with van der Waals surface area (Å²) in [5, 5.41) is 6.13. The number of nitrogens with one attached hydrogen (secondary N) is 2. The van der Waals surface area contributed by atoms with Crippen molar-refractivity contribution in [3.8, 4) is 0 Å². The molecule has 1 fully saturated rings. The molecule has 0 bridgehead atoms. The van der Waals surface area contributed by atoms with Crippen molar-refractivity contribution in [2.45, 2.75) is 25.7 Å². The van der Waals surface area contributed by atoms with Gasteiger partial charge in [-0.15, -0.1) is 0 Å². The summed E-state index contributed by atoms with van der Waals surface area (Å²) in [6.07, 6.45) is 5.49. The van der Waals surface area contributed by atoms with E-state index in [1.165, 1.54) is 0 Å². The number of hydrogen-bond donors (Lipinski definition) is 2. The monoisotopic (exact) mass is 340 g/mol. The van der Waals surface area contributed by atoms with Gasteiger partial charge in [-0.2, -0.15) is 0 Å². The first-order valence-electron chi connectivity index (χ1n) is 8.60. The van der Waals surface area contributed by atoms with Crippen molar-refractivity contribution in [3.63, 3.8) is 0 Å². The van der Waals surface area contributed by atoms with Gasteiger partial charge >= 0.3 is 0 Å². The van der Waals surface area contributed by atoms with Gasteiger partial charge in [-0.05, 0) is 38.9 Å². The van der Waals surface area contributed by atoms with Crippen LogP contribution in [0.25, 0.3) is 0 Å². The van der Waals surface area contributed by atoms with Gasteiger partial charge < -0.3 is 15.5 Å². The predicted octanol–water partition coefficient (Wildman–Crippen LogP) is 1.85. The Bertz CT molecular complexity index is 735. The van der Waals surface area contributed by atoms with Crippen LogP contribution in [0.3, 0.4) is 0 Å². The zero-order valence-electron chi connectivity index (χ0n) is 14.7. The number of aromatic nitrogens is 3. The van der Waals surface area contributed by atoms with Gasteiger partial charge in [-0.25, -0.2) is 9.97 Å². The predicted molar refractivity (Wildman–Crippen MR) is 96.8 cm³/mol. The maximum atomic E-state index is 12.1. The zero-order valence-corrected chi connectivity index (χ0v) is 14.7. The third-order valence-corrected chi connectivity index (χ3v) is 4.32. The topological polar surface area (TPSA) is 83.0 Å². The van der Waals surface area contributed by atoms with E-state index in [1.54, 1.807) is 19.4 Å². The molecule has 2 aromatic heterocycles. The number of hydrogen-bond acceptors (Lipinski definition) is 6. The molecule has 25 heavy (non-hydrogen) atoms. The van der Waals surface area contributed by atoms with Crippen LogP contribution in [0.15, 0.2) is 30.6 Å². The van der Waals surface area contributed by atoms with Crippen molar-refractivity contribution >= 4 is 17.5 Å². The van der Waals surface area contributed by atoms with Crippen molar-refractivity contribution in [2.75, 3.05) is 32.0 Å². The van der Waals surface area contributed by atoms with Crippen molar-refractivity contribution < 1.29 is 4.79 Å². The lowest BCUT2D eigenvalue weighted by Gasteiger charge is -2.32. The second kappa shape index (κ2) is 8.02. The highest BCUT2D eigenvalue weighted by molar-refractivity contribution is 5.78. The maximum Gasteiger partial charge on any atom is 0.236 e. The van der Waals surface area contributed by atoms with Crippen LogP contribution in [-0.4, -0.2) is 52.4 Å². The lowest BCUT2D eigenvalue weighted by atomic mass is 9.95. The summed E-state index contributed by atoms with van der Waals surface area (Å²) >= 11 is 0. The third kappa shape index (κ3) is 4.51. The second-order valence-electron chi connectivity index (χ2n) is 6.33. The normalized spacial score (nSPS) is 17.4. The van der Waals surface area contributed by atoms with Crippen LogP contribution in [-0.2, 0) is 4.79 Å². The average Bonchev–Trinajstić information content (AvgIpc) is 2.62. The first-order valence-corrected chi connectivity index (χ1v) is 8.60. The minimum Gasteiger partial charge on any atom is -0.341 e. The number of aryl methyl sites for hydroxylation is 1. The molecule has 1 amide bonds. The van der Waals surface area contributed by atoms with Gasteiger partial charge in [-0.3, -0.25) is 9.78 Å². The molecule has 0 aromatic carbocycles. The molecule has 3 rings (SSSR count). The van der Waals surface area contributed by atoms with Crippen LogP contribution < -0.4 is 10.6 Å². The first-order chi connectivity index (χ1) is 12.2. The van der Waals surface area contributed by atoms with Gasteiger partial charge in [0.25, 0.3) is 0 Å². The van der Waals surface area contributed by atoms with Gasteiger partial charge in [0.2, 0.25) is 5.91 Å². The molecule has 0 aliphatic carbocycles. The SMILES string of the molecule is CNCC(=O)N1CCCC(c2cncc(Nc3cccc(C)n3)n2)C1. The number of carbonyl (C=O) groups excluding carboxylic acids is 1. The van der Waals surface area contributed by atoms with E-state index >= 15 is 0 Å². The van der Waals surface area contributed by atoms with Crippen molar-refractivity contribution in [1.82, 2.24) is 25.2 Å². The highest BCUT2D eigenvalue weighted by Gasteiger charge is 2.25. The first kappa shape index (κ1) is 17.3. The smallest absolute Gasteiger partial charge is 0.236 e. The molecule has 0 saturated carbocycles. The van der Waals surface area contributed by atoms with Gasteiger partial charge in [0.1, 0.15) is 11.6 Å². The summed E-state index contributed by atoms with van der Waals surface area (Å²) in [5.74, 6) is 1.78. The summed E-state index contributed by atoms with van der Waals surface area (Å²) in [6, 6.07) is 5.81. The Hall–Kier alpha value is -2.54. The number of anilines is 2. The standard InChI is InChI=1S/C18H24N6O/c1-13-5-3-7-16(21-13)23-17-10-20-9-15(22-17)14-6-4-8-24(12-14)18(25)11-19-2/h3,5,7,9-10,14,19H,4,6,8,11-12H2,1-2H3,(H,21,22,23). The van der Waals surface area contributed by atoms with Gasteiger partial charge in [0, 0.05) is 30.9 Å². The van der Waals surface area contributed by atoms with E-state index in [1.807, 2.05) is 30.0 Å². The highest BCUT2D eigenvalue weighted by atomic mass is 16.2. The summed E-state index contributed by atoms with van der Waals surface area (Å²) in [5.41, 5.74) is 1.86. The Labute approximate surface area is 147 Å². The van der Waals surface area contributed by atoms with Crippen LogP contribution in [0, 0.1) is 6.92 Å². The number of likely N-dealkylation sites (N-methyl/N-ethyl adjacent to an activating group) is 1. The zero-order chi connectivity index (χ0) is 17.6.